The van der Waals surface area contributed by atoms with Crippen LogP contribution in [0, 0.1) is 5.82 Å². The van der Waals surface area contributed by atoms with Crippen LogP contribution in [0.2, 0.25) is 0 Å². The molecule has 0 amide bonds. The lowest BCUT2D eigenvalue weighted by Crippen LogP contribution is -2.42. The third-order valence-corrected chi connectivity index (χ3v) is 3.78. The molecule has 1 heterocycles. The van der Waals surface area contributed by atoms with Crippen LogP contribution >= 0.6 is 0 Å². The molecule has 0 bridgehead atoms. The van der Waals surface area contributed by atoms with Crippen molar-refractivity contribution in [2.24, 2.45) is 0 Å². The van der Waals surface area contributed by atoms with Gasteiger partial charge in [0.2, 0.25) is 0 Å². The number of carbonyl (C=O) groups is 1. The predicted molar refractivity (Wildman–Crippen MR) is 73.2 cm³/mol. The fourth-order valence-corrected chi connectivity index (χ4v) is 2.38. The highest BCUT2D eigenvalue weighted by atomic mass is 19.1. The van der Waals surface area contributed by atoms with E-state index >= 15 is 0 Å². The van der Waals surface area contributed by atoms with Gasteiger partial charge in [-0.3, -0.25) is 0 Å². The van der Waals surface area contributed by atoms with Gasteiger partial charge in [0.25, 0.3) is 0 Å². The molecule has 0 aliphatic rings. The summed E-state index contributed by atoms with van der Waals surface area (Å²) in [4.78, 5) is 11.7. The average Bonchev–Trinajstić information content (AvgIpc) is 2.92. The maximum atomic E-state index is 12.9. The first-order valence-electron chi connectivity index (χ1n) is 6.79. The molecule has 0 saturated heterocycles. The molecule has 0 radical (unpaired) electrons. The number of tetrazole rings is 1. The van der Waals surface area contributed by atoms with Crippen molar-refractivity contribution < 1.29 is 14.3 Å². The summed E-state index contributed by atoms with van der Waals surface area (Å²) in [6, 6.07) is 5.98. The van der Waals surface area contributed by atoms with E-state index in [1.807, 2.05) is 0 Å². The number of rotatable bonds is 6. The number of carboxylic acids is 1. The van der Waals surface area contributed by atoms with Gasteiger partial charge in [0.05, 0.1) is 0 Å². The summed E-state index contributed by atoms with van der Waals surface area (Å²) in [5.41, 5.74) is -0.335. The van der Waals surface area contributed by atoms with Crippen molar-refractivity contribution in [1.29, 1.82) is 0 Å². The predicted octanol–water partition coefficient (Wildman–Crippen LogP) is 2.00. The number of halogens is 1. The minimum atomic E-state index is -1.15. The Bertz CT molecular complexity index is 620. The lowest BCUT2D eigenvalue weighted by molar-refractivity contribution is -0.148. The van der Waals surface area contributed by atoms with E-state index in [2.05, 4.69) is 15.5 Å². The number of hydrogen-bond donors (Lipinski definition) is 1. The van der Waals surface area contributed by atoms with Crippen LogP contribution in [0.1, 0.15) is 38.1 Å². The van der Waals surface area contributed by atoms with Gasteiger partial charge >= 0.3 is 5.97 Å². The van der Waals surface area contributed by atoms with Gasteiger partial charge in [-0.05, 0) is 41.0 Å². The average molecular weight is 292 g/mol. The van der Waals surface area contributed by atoms with Gasteiger partial charge in [0, 0.05) is 6.42 Å². The second-order valence-corrected chi connectivity index (χ2v) is 4.85. The lowest BCUT2D eigenvalue weighted by atomic mass is 9.93. The smallest absolute Gasteiger partial charge is 0.331 e. The molecule has 6 nitrogen and oxygen atoms in total. The highest BCUT2D eigenvalue weighted by Gasteiger charge is 2.40. The first-order chi connectivity index (χ1) is 10.0. The Labute approximate surface area is 121 Å². The molecule has 2 aromatic rings. The largest absolute Gasteiger partial charge is 0.479 e. The Morgan fingerprint density at radius 3 is 2.43 bits per heavy atom. The van der Waals surface area contributed by atoms with Gasteiger partial charge in [-0.1, -0.05) is 26.0 Å². The molecule has 0 atom stereocenters. The van der Waals surface area contributed by atoms with Gasteiger partial charge < -0.3 is 5.11 Å². The topological polar surface area (TPSA) is 80.9 Å². The third kappa shape index (κ3) is 2.76. The zero-order chi connectivity index (χ0) is 15.5. The fraction of sp³-hybridized carbons (Fsp3) is 0.429. The fourth-order valence-electron chi connectivity index (χ4n) is 2.38. The Balaban J connectivity index is 2.37. The van der Waals surface area contributed by atoms with Crippen molar-refractivity contribution in [3.8, 4) is 0 Å². The molecular formula is C14H17FN4O2. The summed E-state index contributed by atoms with van der Waals surface area (Å²) in [5, 5.41) is 21.0. The number of hydrogen-bond acceptors (Lipinski definition) is 4. The van der Waals surface area contributed by atoms with Crippen molar-refractivity contribution in [3.63, 3.8) is 0 Å². The summed E-state index contributed by atoms with van der Waals surface area (Å²) in [6.45, 7) is 3.59. The van der Waals surface area contributed by atoms with Gasteiger partial charge in [0.15, 0.2) is 11.4 Å². The molecule has 1 aromatic carbocycles. The van der Waals surface area contributed by atoms with Crippen molar-refractivity contribution in [2.45, 2.75) is 38.6 Å². The standard InChI is InChI=1S/C14H17FN4O2/c1-3-14(4-2,13(20)21)19-12(16-17-18-19)9-10-5-7-11(15)8-6-10/h5-8H,3-4,9H2,1-2H3,(H,20,21). The van der Waals surface area contributed by atoms with Gasteiger partial charge in [0.1, 0.15) is 5.82 Å². The van der Waals surface area contributed by atoms with Crippen LogP contribution < -0.4 is 0 Å². The first-order valence-corrected chi connectivity index (χ1v) is 6.79. The van der Waals surface area contributed by atoms with Crippen LogP contribution in [-0.2, 0) is 16.8 Å². The molecule has 0 unspecified atom stereocenters. The van der Waals surface area contributed by atoms with E-state index in [0.29, 0.717) is 25.1 Å². The van der Waals surface area contributed by atoms with Gasteiger partial charge in [-0.25, -0.2) is 13.9 Å². The van der Waals surface area contributed by atoms with Crippen molar-refractivity contribution in [2.75, 3.05) is 0 Å². The molecule has 1 aromatic heterocycles. The number of aliphatic carboxylic acids is 1. The molecule has 112 valence electrons. The summed E-state index contributed by atoms with van der Waals surface area (Å²) in [6.07, 6.45) is 1.10. The second-order valence-electron chi connectivity index (χ2n) is 4.85. The van der Waals surface area contributed by atoms with E-state index < -0.39 is 11.5 Å². The molecule has 0 fully saturated rings. The Hall–Kier alpha value is -2.31. The summed E-state index contributed by atoms with van der Waals surface area (Å²) < 4.78 is 14.3. The van der Waals surface area contributed by atoms with Crippen LogP contribution in [0.4, 0.5) is 4.39 Å². The summed E-state index contributed by atoms with van der Waals surface area (Å²) >= 11 is 0. The third-order valence-electron chi connectivity index (χ3n) is 3.78. The molecular weight excluding hydrogens is 275 g/mol. The van der Waals surface area contributed by atoms with Crippen LogP contribution in [0.5, 0.6) is 0 Å². The van der Waals surface area contributed by atoms with Crippen molar-refractivity contribution >= 4 is 5.97 Å². The van der Waals surface area contributed by atoms with E-state index in [1.165, 1.54) is 16.8 Å². The van der Waals surface area contributed by atoms with E-state index in [4.69, 9.17) is 0 Å². The number of nitrogens with zero attached hydrogens (tertiary/aromatic N) is 4. The Morgan fingerprint density at radius 1 is 1.29 bits per heavy atom. The molecule has 0 spiro atoms. The minimum absolute atomic E-state index is 0.319. The van der Waals surface area contributed by atoms with Crippen molar-refractivity contribution in [1.82, 2.24) is 20.2 Å². The molecule has 2 rings (SSSR count). The molecule has 21 heavy (non-hydrogen) atoms. The summed E-state index contributed by atoms with van der Waals surface area (Å²) in [7, 11) is 0. The molecule has 0 aliphatic heterocycles. The van der Waals surface area contributed by atoms with Gasteiger partial charge in [-0.2, -0.15) is 0 Å². The lowest BCUT2D eigenvalue weighted by Gasteiger charge is -2.27. The molecule has 0 aliphatic carbocycles. The quantitative estimate of drug-likeness (QED) is 0.880. The second kappa shape index (κ2) is 5.99. The maximum Gasteiger partial charge on any atom is 0.331 e. The van der Waals surface area contributed by atoms with Crippen molar-refractivity contribution in [3.05, 3.63) is 41.5 Å². The number of benzene rings is 1. The van der Waals surface area contributed by atoms with E-state index in [1.54, 1.807) is 26.0 Å². The highest BCUT2D eigenvalue weighted by Crippen LogP contribution is 2.26. The minimum Gasteiger partial charge on any atom is -0.479 e. The monoisotopic (exact) mass is 292 g/mol. The van der Waals surface area contributed by atoms with Crippen LogP contribution in [0.3, 0.4) is 0 Å². The number of aromatic nitrogens is 4. The van der Waals surface area contributed by atoms with E-state index in [0.717, 1.165) is 5.56 Å². The Morgan fingerprint density at radius 2 is 1.90 bits per heavy atom. The van der Waals surface area contributed by atoms with E-state index in [-0.39, 0.29) is 5.82 Å². The normalized spacial score (nSPS) is 11.6. The van der Waals surface area contributed by atoms with Crippen LogP contribution in [0.15, 0.2) is 24.3 Å². The zero-order valence-electron chi connectivity index (χ0n) is 12.0. The Kier molecular flexibility index (Phi) is 4.30. The van der Waals surface area contributed by atoms with E-state index in [9.17, 15) is 14.3 Å². The van der Waals surface area contributed by atoms with Crippen LogP contribution in [0.25, 0.3) is 0 Å². The SMILES string of the molecule is CCC(CC)(C(=O)O)n1nnnc1Cc1ccc(F)cc1. The maximum absolute atomic E-state index is 12.9. The summed E-state index contributed by atoms with van der Waals surface area (Å²) in [5.74, 6) is -0.826. The molecule has 7 heteroatoms. The number of carboxylic acid groups (broad SMARTS) is 1. The van der Waals surface area contributed by atoms with Crippen LogP contribution in [-0.4, -0.2) is 31.3 Å². The molecule has 1 N–H and O–H groups in total. The highest BCUT2D eigenvalue weighted by molar-refractivity contribution is 5.76. The first kappa shape index (κ1) is 15.1. The zero-order valence-corrected chi connectivity index (χ0v) is 12.0. The molecule has 0 saturated carbocycles. The van der Waals surface area contributed by atoms with Gasteiger partial charge in [-0.15, -0.1) is 5.10 Å².